The Labute approximate surface area is 107 Å². The lowest BCUT2D eigenvalue weighted by molar-refractivity contribution is 0.0478. The third-order valence-electron chi connectivity index (χ3n) is 3.41. The van der Waals surface area contributed by atoms with Crippen LogP contribution in [0.1, 0.15) is 62.0 Å². The third-order valence-corrected chi connectivity index (χ3v) is 3.41. The van der Waals surface area contributed by atoms with Crippen LogP contribution in [0, 0.1) is 5.92 Å². The molecule has 0 spiro atoms. The second kappa shape index (κ2) is 6.52. The number of rotatable bonds is 5. The Morgan fingerprint density at radius 2 is 2.11 bits per heavy atom. The zero-order valence-corrected chi connectivity index (χ0v) is 10.9. The van der Waals surface area contributed by atoms with E-state index in [1.165, 1.54) is 32.1 Å². The smallest absolute Gasteiger partial charge is 0.396 e. The molecule has 0 saturated heterocycles. The predicted molar refractivity (Wildman–Crippen MR) is 65.2 cm³/mol. The number of hydrogen-bond donors (Lipinski definition) is 0. The van der Waals surface area contributed by atoms with Gasteiger partial charge in [0.2, 0.25) is 5.89 Å². The molecule has 0 N–H and O–H groups in total. The van der Waals surface area contributed by atoms with Crippen LogP contribution in [-0.2, 0) is 11.2 Å². The van der Waals surface area contributed by atoms with E-state index in [0.717, 1.165) is 18.8 Å². The minimum Gasteiger partial charge on any atom is -0.459 e. The molecule has 0 amide bonds. The van der Waals surface area contributed by atoms with Gasteiger partial charge < -0.3 is 9.15 Å². The molecule has 1 aliphatic carbocycles. The van der Waals surface area contributed by atoms with Crippen molar-refractivity contribution in [3.05, 3.63) is 11.8 Å². The molecular formula is C13H20N2O3. The van der Waals surface area contributed by atoms with Gasteiger partial charge in [-0.3, -0.25) is 0 Å². The van der Waals surface area contributed by atoms with Crippen molar-refractivity contribution in [2.45, 2.75) is 51.9 Å². The average molecular weight is 252 g/mol. The Kier molecular flexibility index (Phi) is 4.73. The van der Waals surface area contributed by atoms with E-state index in [4.69, 9.17) is 9.15 Å². The van der Waals surface area contributed by atoms with Crippen molar-refractivity contribution in [2.24, 2.45) is 5.92 Å². The van der Waals surface area contributed by atoms with Crippen LogP contribution in [0.15, 0.2) is 4.42 Å². The van der Waals surface area contributed by atoms with Gasteiger partial charge in [-0.1, -0.05) is 32.1 Å². The van der Waals surface area contributed by atoms with Crippen molar-refractivity contribution in [1.82, 2.24) is 10.2 Å². The lowest BCUT2D eigenvalue weighted by atomic mass is 9.86. The number of ether oxygens (including phenoxy) is 1. The first-order valence-electron chi connectivity index (χ1n) is 6.79. The largest absolute Gasteiger partial charge is 0.459 e. The van der Waals surface area contributed by atoms with Gasteiger partial charge in [-0.2, -0.15) is 0 Å². The summed E-state index contributed by atoms with van der Waals surface area (Å²) < 4.78 is 10.1. The van der Waals surface area contributed by atoms with E-state index in [1.807, 2.05) is 0 Å². The first kappa shape index (κ1) is 13.1. The Morgan fingerprint density at radius 3 is 2.83 bits per heavy atom. The maximum absolute atomic E-state index is 11.3. The van der Waals surface area contributed by atoms with E-state index in [-0.39, 0.29) is 5.89 Å². The summed E-state index contributed by atoms with van der Waals surface area (Å²) in [6, 6.07) is 0. The summed E-state index contributed by atoms with van der Waals surface area (Å²) in [6.07, 6.45) is 8.48. The summed E-state index contributed by atoms with van der Waals surface area (Å²) in [5.41, 5.74) is 0. The van der Waals surface area contributed by atoms with Crippen molar-refractivity contribution >= 4 is 5.97 Å². The lowest BCUT2D eigenvalue weighted by Gasteiger charge is -2.20. The van der Waals surface area contributed by atoms with Gasteiger partial charge in [-0.15, -0.1) is 10.2 Å². The molecule has 1 heterocycles. The molecule has 0 aliphatic heterocycles. The fourth-order valence-corrected chi connectivity index (χ4v) is 2.43. The van der Waals surface area contributed by atoms with Crippen molar-refractivity contribution in [3.63, 3.8) is 0 Å². The first-order chi connectivity index (χ1) is 8.79. The van der Waals surface area contributed by atoms with E-state index in [1.54, 1.807) is 6.92 Å². The molecule has 0 radical (unpaired) electrons. The van der Waals surface area contributed by atoms with E-state index < -0.39 is 5.97 Å². The molecule has 18 heavy (non-hydrogen) atoms. The average Bonchev–Trinajstić information content (AvgIpc) is 2.87. The summed E-state index contributed by atoms with van der Waals surface area (Å²) in [5, 5.41) is 7.59. The van der Waals surface area contributed by atoms with Gasteiger partial charge in [-0.25, -0.2) is 4.79 Å². The third kappa shape index (κ3) is 3.55. The molecule has 100 valence electrons. The Balaban J connectivity index is 1.80. The molecule has 1 fully saturated rings. The van der Waals surface area contributed by atoms with Crippen LogP contribution in [0.3, 0.4) is 0 Å². The Bertz CT molecular complexity index is 383. The molecule has 1 aromatic heterocycles. The molecule has 1 aromatic rings. The van der Waals surface area contributed by atoms with Crippen LogP contribution in [0.2, 0.25) is 0 Å². The van der Waals surface area contributed by atoms with Crippen molar-refractivity contribution in [2.75, 3.05) is 6.61 Å². The summed E-state index contributed by atoms with van der Waals surface area (Å²) in [4.78, 5) is 11.3. The minimum atomic E-state index is -0.533. The van der Waals surface area contributed by atoms with E-state index >= 15 is 0 Å². The van der Waals surface area contributed by atoms with E-state index in [2.05, 4.69) is 10.2 Å². The number of carbonyl (C=O) groups is 1. The summed E-state index contributed by atoms with van der Waals surface area (Å²) in [7, 11) is 0. The van der Waals surface area contributed by atoms with Crippen LogP contribution < -0.4 is 0 Å². The Hall–Kier alpha value is -1.39. The number of aryl methyl sites for hydroxylation is 1. The van der Waals surface area contributed by atoms with Crippen LogP contribution in [0.5, 0.6) is 0 Å². The molecule has 1 aliphatic rings. The number of esters is 1. The second-order valence-corrected chi connectivity index (χ2v) is 4.76. The molecule has 5 nitrogen and oxygen atoms in total. The molecular weight excluding hydrogens is 232 g/mol. The second-order valence-electron chi connectivity index (χ2n) is 4.76. The van der Waals surface area contributed by atoms with Crippen LogP contribution in [0.25, 0.3) is 0 Å². The molecule has 5 heteroatoms. The highest BCUT2D eigenvalue weighted by Gasteiger charge is 2.18. The zero-order valence-electron chi connectivity index (χ0n) is 10.9. The Morgan fingerprint density at radius 1 is 1.33 bits per heavy atom. The number of carbonyl (C=O) groups excluding carboxylic acids is 1. The molecule has 0 atom stereocenters. The first-order valence-corrected chi connectivity index (χ1v) is 6.79. The maximum Gasteiger partial charge on any atom is 0.396 e. The molecule has 1 saturated carbocycles. The molecule has 0 unspecified atom stereocenters. The lowest BCUT2D eigenvalue weighted by Crippen LogP contribution is -2.07. The zero-order chi connectivity index (χ0) is 12.8. The van der Waals surface area contributed by atoms with E-state index in [0.29, 0.717) is 12.5 Å². The summed E-state index contributed by atoms with van der Waals surface area (Å²) in [6.45, 7) is 2.07. The summed E-state index contributed by atoms with van der Waals surface area (Å²) >= 11 is 0. The van der Waals surface area contributed by atoms with Gasteiger partial charge in [-0.05, 0) is 19.3 Å². The van der Waals surface area contributed by atoms with Gasteiger partial charge in [0.25, 0.3) is 0 Å². The normalized spacial score (nSPS) is 16.7. The van der Waals surface area contributed by atoms with Crippen molar-refractivity contribution in [1.29, 1.82) is 0 Å². The SMILES string of the molecule is CCOC(=O)c1nnc(CCC2CCCCC2)o1. The van der Waals surface area contributed by atoms with Gasteiger partial charge in [0.05, 0.1) is 6.61 Å². The highest BCUT2D eigenvalue weighted by atomic mass is 16.5. The fourth-order valence-electron chi connectivity index (χ4n) is 2.43. The number of aromatic nitrogens is 2. The molecule has 2 rings (SSSR count). The maximum atomic E-state index is 11.3. The van der Waals surface area contributed by atoms with Gasteiger partial charge in [0.1, 0.15) is 0 Å². The van der Waals surface area contributed by atoms with Crippen molar-refractivity contribution in [3.8, 4) is 0 Å². The van der Waals surface area contributed by atoms with E-state index in [9.17, 15) is 4.79 Å². The van der Waals surface area contributed by atoms with Gasteiger partial charge in [0, 0.05) is 6.42 Å². The van der Waals surface area contributed by atoms with Crippen LogP contribution in [0.4, 0.5) is 0 Å². The van der Waals surface area contributed by atoms with Crippen LogP contribution >= 0.6 is 0 Å². The predicted octanol–water partition coefficient (Wildman–Crippen LogP) is 2.76. The minimum absolute atomic E-state index is 0.0319. The molecule has 0 bridgehead atoms. The quantitative estimate of drug-likeness (QED) is 0.754. The number of nitrogens with zero attached hydrogens (tertiary/aromatic N) is 2. The fraction of sp³-hybridized carbons (Fsp3) is 0.769. The molecule has 0 aromatic carbocycles. The van der Waals surface area contributed by atoms with Gasteiger partial charge in [0.15, 0.2) is 0 Å². The number of hydrogen-bond acceptors (Lipinski definition) is 5. The van der Waals surface area contributed by atoms with Gasteiger partial charge >= 0.3 is 11.9 Å². The summed E-state index contributed by atoms with van der Waals surface area (Å²) in [5.74, 6) is 0.754. The highest BCUT2D eigenvalue weighted by Crippen LogP contribution is 2.27. The standard InChI is InChI=1S/C13H20N2O3/c1-2-17-13(16)12-15-14-11(18-12)9-8-10-6-4-3-5-7-10/h10H,2-9H2,1H3. The topological polar surface area (TPSA) is 65.2 Å². The highest BCUT2D eigenvalue weighted by molar-refractivity contribution is 5.83. The van der Waals surface area contributed by atoms with Crippen LogP contribution in [-0.4, -0.2) is 22.8 Å². The van der Waals surface area contributed by atoms with Crippen molar-refractivity contribution < 1.29 is 13.9 Å². The monoisotopic (exact) mass is 252 g/mol.